The van der Waals surface area contributed by atoms with Gasteiger partial charge in [0, 0.05) is 5.56 Å². The average molecular weight is 180 g/mol. The number of rotatable bonds is 2. The average Bonchev–Trinajstić information content (AvgIpc) is 2.03. The summed E-state index contributed by atoms with van der Waals surface area (Å²) in [5.41, 5.74) is 1.25. The van der Waals surface area contributed by atoms with Crippen molar-refractivity contribution < 1.29 is 14.6 Å². The molecule has 70 valence electrons. The quantitative estimate of drug-likeness (QED) is 0.707. The molecular formula is C10H12O3. The van der Waals surface area contributed by atoms with Crippen LogP contribution in [0, 0.1) is 6.92 Å². The van der Waals surface area contributed by atoms with E-state index in [4.69, 9.17) is 4.74 Å². The van der Waals surface area contributed by atoms with Crippen molar-refractivity contribution in [2.45, 2.75) is 13.8 Å². The van der Waals surface area contributed by atoms with Crippen LogP contribution in [0.15, 0.2) is 12.1 Å². The number of carbonyl (C=O) groups is 1. The maximum absolute atomic E-state index is 11.0. The molecule has 0 saturated carbocycles. The SMILES string of the molecule is COc1c(C)cc(C(C)=O)cc1O. The summed E-state index contributed by atoms with van der Waals surface area (Å²) in [7, 11) is 1.48. The van der Waals surface area contributed by atoms with E-state index in [0.29, 0.717) is 11.3 Å². The minimum absolute atomic E-state index is 0.00713. The molecule has 0 aliphatic rings. The maximum atomic E-state index is 11.0. The van der Waals surface area contributed by atoms with Crippen LogP contribution in [0.25, 0.3) is 0 Å². The first kappa shape index (κ1) is 9.58. The van der Waals surface area contributed by atoms with Gasteiger partial charge in [0.05, 0.1) is 7.11 Å². The van der Waals surface area contributed by atoms with Crippen molar-refractivity contribution in [2.75, 3.05) is 7.11 Å². The smallest absolute Gasteiger partial charge is 0.163 e. The number of aryl methyl sites for hydroxylation is 1. The maximum Gasteiger partial charge on any atom is 0.163 e. The van der Waals surface area contributed by atoms with Gasteiger partial charge in [-0.25, -0.2) is 0 Å². The number of ether oxygens (including phenoxy) is 1. The zero-order valence-electron chi connectivity index (χ0n) is 7.92. The van der Waals surface area contributed by atoms with Gasteiger partial charge in [0.1, 0.15) is 0 Å². The zero-order valence-corrected chi connectivity index (χ0v) is 7.92. The Morgan fingerprint density at radius 2 is 2.08 bits per heavy atom. The summed E-state index contributed by atoms with van der Waals surface area (Å²) in [6.07, 6.45) is 0. The van der Waals surface area contributed by atoms with Crippen molar-refractivity contribution in [1.82, 2.24) is 0 Å². The number of aromatic hydroxyl groups is 1. The summed E-state index contributed by atoms with van der Waals surface area (Å²) in [6, 6.07) is 3.11. The first-order chi connectivity index (χ1) is 6.06. The Balaban J connectivity index is 3.28. The van der Waals surface area contributed by atoms with Crippen molar-refractivity contribution in [3.8, 4) is 11.5 Å². The Bertz CT molecular complexity index is 319. The van der Waals surface area contributed by atoms with E-state index in [-0.39, 0.29) is 11.5 Å². The fourth-order valence-corrected chi connectivity index (χ4v) is 1.22. The lowest BCUT2D eigenvalue weighted by Crippen LogP contribution is -1.95. The lowest BCUT2D eigenvalue weighted by Gasteiger charge is -2.08. The van der Waals surface area contributed by atoms with Crippen molar-refractivity contribution >= 4 is 5.78 Å². The molecule has 1 aromatic rings. The predicted octanol–water partition coefficient (Wildman–Crippen LogP) is 1.91. The molecule has 0 aliphatic carbocycles. The molecule has 0 bridgehead atoms. The van der Waals surface area contributed by atoms with Gasteiger partial charge in [0.25, 0.3) is 0 Å². The third-order valence-corrected chi connectivity index (χ3v) is 1.87. The van der Waals surface area contributed by atoms with E-state index in [2.05, 4.69) is 0 Å². The van der Waals surface area contributed by atoms with Gasteiger partial charge in [-0.3, -0.25) is 4.79 Å². The number of ketones is 1. The van der Waals surface area contributed by atoms with E-state index in [1.807, 2.05) is 0 Å². The highest BCUT2D eigenvalue weighted by atomic mass is 16.5. The first-order valence-electron chi connectivity index (χ1n) is 3.94. The van der Waals surface area contributed by atoms with Gasteiger partial charge in [0.2, 0.25) is 0 Å². The number of Topliss-reactive ketones (excluding diaryl/α,β-unsaturated/α-hetero) is 1. The highest BCUT2D eigenvalue weighted by Gasteiger charge is 2.09. The molecule has 3 heteroatoms. The van der Waals surface area contributed by atoms with Crippen LogP contribution in [-0.4, -0.2) is 18.0 Å². The molecule has 0 fully saturated rings. The van der Waals surface area contributed by atoms with Crippen LogP contribution < -0.4 is 4.74 Å². The molecule has 0 aromatic heterocycles. The van der Waals surface area contributed by atoms with E-state index >= 15 is 0 Å². The minimum Gasteiger partial charge on any atom is -0.504 e. The van der Waals surface area contributed by atoms with E-state index in [1.165, 1.54) is 20.1 Å². The molecule has 0 saturated heterocycles. The van der Waals surface area contributed by atoms with E-state index < -0.39 is 0 Å². The molecule has 3 nitrogen and oxygen atoms in total. The molecule has 1 N–H and O–H groups in total. The summed E-state index contributed by atoms with van der Waals surface area (Å²) in [5.74, 6) is 0.360. The van der Waals surface area contributed by atoms with E-state index in [0.717, 1.165) is 5.56 Å². The Morgan fingerprint density at radius 3 is 2.46 bits per heavy atom. The number of hydrogen-bond donors (Lipinski definition) is 1. The van der Waals surface area contributed by atoms with Gasteiger partial charge in [-0.2, -0.15) is 0 Å². The molecule has 0 heterocycles. The fourth-order valence-electron chi connectivity index (χ4n) is 1.22. The van der Waals surface area contributed by atoms with Crippen molar-refractivity contribution in [3.63, 3.8) is 0 Å². The Morgan fingerprint density at radius 1 is 1.46 bits per heavy atom. The van der Waals surface area contributed by atoms with E-state index in [9.17, 15) is 9.90 Å². The summed E-state index contributed by atoms with van der Waals surface area (Å²) in [4.78, 5) is 11.0. The Labute approximate surface area is 77.0 Å². The van der Waals surface area contributed by atoms with Crippen LogP contribution in [0.3, 0.4) is 0 Å². The molecule has 0 atom stereocenters. The minimum atomic E-state index is -0.0685. The molecule has 13 heavy (non-hydrogen) atoms. The molecule has 1 aromatic carbocycles. The first-order valence-corrected chi connectivity index (χ1v) is 3.94. The number of phenols is 1. The number of benzene rings is 1. The van der Waals surface area contributed by atoms with Gasteiger partial charge >= 0.3 is 0 Å². The van der Waals surface area contributed by atoms with Crippen LogP contribution in [-0.2, 0) is 0 Å². The fraction of sp³-hybridized carbons (Fsp3) is 0.300. The van der Waals surface area contributed by atoms with Crippen LogP contribution >= 0.6 is 0 Å². The van der Waals surface area contributed by atoms with Crippen LogP contribution in [0.1, 0.15) is 22.8 Å². The van der Waals surface area contributed by atoms with Gasteiger partial charge in [-0.05, 0) is 31.5 Å². The van der Waals surface area contributed by atoms with Crippen molar-refractivity contribution in [1.29, 1.82) is 0 Å². The predicted molar refractivity (Wildman–Crippen MR) is 49.4 cm³/mol. The van der Waals surface area contributed by atoms with Crippen LogP contribution in [0.5, 0.6) is 11.5 Å². The second-order valence-corrected chi connectivity index (χ2v) is 2.90. The highest BCUT2D eigenvalue weighted by molar-refractivity contribution is 5.95. The summed E-state index contributed by atoms with van der Waals surface area (Å²) in [6.45, 7) is 3.24. The van der Waals surface area contributed by atoms with Gasteiger partial charge < -0.3 is 9.84 Å². The number of hydrogen-bond acceptors (Lipinski definition) is 3. The van der Waals surface area contributed by atoms with Crippen LogP contribution in [0.2, 0.25) is 0 Å². The highest BCUT2D eigenvalue weighted by Crippen LogP contribution is 2.30. The number of phenolic OH excluding ortho intramolecular Hbond substituents is 1. The topological polar surface area (TPSA) is 46.5 Å². The van der Waals surface area contributed by atoms with Gasteiger partial charge in [-0.1, -0.05) is 0 Å². The van der Waals surface area contributed by atoms with Gasteiger partial charge in [-0.15, -0.1) is 0 Å². The van der Waals surface area contributed by atoms with E-state index in [1.54, 1.807) is 13.0 Å². The number of methoxy groups -OCH3 is 1. The molecule has 0 spiro atoms. The third-order valence-electron chi connectivity index (χ3n) is 1.87. The monoisotopic (exact) mass is 180 g/mol. The Hall–Kier alpha value is -1.51. The van der Waals surface area contributed by atoms with Crippen LogP contribution in [0.4, 0.5) is 0 Å². The molecule has 0 amide bonds. The number of carbonyl (C=O) groups excluding carboxylic acids is 1. The second-order valence-electron chi connectivity index (χ2n) is 2.90. The standard InChI is InChI=1S/C10H12O3/c1-6-4-8(7(2)11)5-9(12)10(6)13-3/h4-5,12H,1-3H3. The zero-order chi connectivity index (χ0) is 10.0. The summed E-state index contributed by atoms with van der Waals surface area (Å²) < 4.78 is 4.95. The second kappa shape index (κ2) is 3.47. The molecule has 0 radical (unpaired) electrons. The molecule has 0 unspecified atom stereocenters. The normalized spacial score (nSPS) is 9.77. The molecular weight excluding hydrogens is 168 g/mol. The molecule has 0 aliphatic heterocycles. The van der Waals surface area contributed by atoms with Gasteiger partial charge in [0.15, 0.2) is 17.3 Å². The Kier molecular flexibility index (Phi) is 2.56. The third kappa shape index (κ3) is 1.80. The lowest BCUT2D eigenvalue weighted by atomic mass is 10.1. The molecule has 1 rings (SSSR count). The lowest BCUT2D eigenvalue weighted by molar-refractivity contribution is 0.101. The summed E-state index contributed by atoms with van der Waals surface area (Å²) in [5, 5.41) is 9.44. The summed E-state index contributed by atoms with van der Waals surface area (Å²) >= 11 is 0. The van der Waals surface area contributed by atoms with Crippen molar-refractivity contribution in [2.24, 2.45) is 0 Å². The van der Waals surface area contributed by atoms with Crippen molar-refractivity contribution in [3.05, 3.63) is 23.3 Å². The largest absolute Gasteiger partial charge is 0.504 e.